The van der Waals surface area contributed by atoms with Crippen LogP contribution in [-0.2, 0) is 4.79 Å². The molecule has 0 atom stereocenters. The van der Waals surface area contributed by atoms with Gasteiger partial charge >= 0.3 is 0 Å². The zero-order chi connectivity index (χ0) is 23.1. The number of rotatable bonds is 3. The Morgan fingerprint density at radius 3 is 2.55 bits per heavy atom. The molecule has 1 amide bonds. The number of nitrogens with zero attached hydrogens (tertiary/aromatic N) is 3. The number of carbonyl (C=O) groups excluding carboxylic acids is 1. The Morgan fingerprint density at radius 2 is 1.79 bits per heavy atom. The zero-order valence-corrected chi connectivity index (χ0v) is 20.9. The summed E-state index contributed by atoms with van der Waals surface area (Å²) in [6.07, 6.45) is 0. The van der Waals surface area contributed by atoms with Crippen molar-refractivity contribution in [2.24, 2.45) is 4.99 Å². The van der Waals surface area contributed by atoms with Crippen molar-refractivity contribution < 1.29 is 4.79 Å². The minimum Gasteiger partial charge on any atom is -0.334 e. The standard InChI is InChI=1S/C26H22ClN3OS2/c1-4-29-21-10-5-6-11-22(21)32-25(29)23-24(31)30(19-9-7-8-16(2)14-19)26(33-23)28-18-13-12-17(3)20(27)15-18/h5-15H,4H2,1-3H3/b25-23-,28-26?. The molecular formula is C26H22ClN3OS2. The number of hydrogen-bond acceptors (Lipinski definition) is 5. The summed E-state index contributed by atoms with van der Waals surface area (Å²) < 4.78 is 0. The van der Waals surface area contributed by atoms with Gasteiger partial charge in [-0.1, -0.05) is 53.7 Å². The van der Waals surface area contributed by atoms with Crippen LogP contribution in [0, 0.1) is 13.8 Å². The predicted octanol–water partition coefficient (Wildman–Crippen LogP) is 7.53. The molecule has 4 nitrogen and oxygen atoms in total. The molecule has 3 aromatic carbocycles. The fourth-order valence-electron chi connectivity index (χ4n) is 3.85. The van der Waals surface area contributed by atoms with Crippen molar-refractivity contribution in [3.63, 3.8) is 0 Å². The summed E-state index contributed by atoms with van der Waals surface area (Å²) in [5, 5.41) is 2.24. The first kappa shape index (κ1) is 22.1. The van der Waals surface area contributed by atoms with Crippen molar-refractivity contribution in [1.82, 2.24) is 0 Å². The predicted molar refractivity (Wildman–Crippen MR) is 142 cm³/mol. The third-order valence-electron chi connectivity index (χ3n) is 5.54. The lowest BCUT2D eigenvalue weighted by atomic mass is 10.2. The van der Waals surface area contributed by atoms with E-state index in [4.69, 9.17) is 16.6 Å². The molecule has 0 radical (unpaired) electrons. The number of para-hydroxylation sites is 1. The summed E-state index contributed by atoms with van der Waals surface area (Å²) in [7, 11) is 0. The molecule has 33 heavy (non-hydrogen) atoms. The lowest BCUT2D eigenvalue weighted by Gasteiger charge is -2.19. The maximum Gasteiger partial charge on any atom is 0.274 e. The molecule has 0 aliphatic carbocycles. The van der Waals surface area contributed by atoms with Gasteiger partial charge in [0.05, 0.1) is 17.1 Å². The van der Waals surface area contributed by atoms with Gasteiger partial charge in [0, 0.05) is 16.5 Å². The van der Waals surface area contributed by atoms with E-state index in [1.54, 1.807) is 16.7 Å². The fourth-order valence-corrected chi connectivity index (χ4v) is 6.42. The lowest BCUT2D eigenvalue weighted by Crippen LogP contribution is -2.29. The van der Waals surface area contributed by atoms with Crippen LogP contribution in [0.25, 0.3) is 0 Å². The first-order valence-corrected chi connectivity index (χ1v) is 12.7. The number of fused-ring (bicyclic) bond motifs is 1. The molecule has 2 aliphatic heterocycles. The second-order valence-corrected chi connectivity index (χ2v) is 10.3. The number of hydrogen-bond donors (Lipinski definition) is 0. The Morgan fingerprint density at radius 1 is 0.970 bits per heavy atom. The van der Waals surface area contributed by atoms with E-state index >= 15 is 0 Å². The Labute approximate surface area is 207 Å². The van der Waals surface area contributed by atoms with Crippen LogP contribution in [0.1, 0.15) is 18.1 Å². The summed E-state index contributed by atoms with van der Waals surface area (Å²) in [5.74, 6) is -0.0590. The summed E-state index contributed by atoms with van der Waals surface area (Å²) in [6, 6.07) is 21.9. The Hall–Kier alpha value is -2.67. The molecule has 1 fully saturated rings. The normalized spacial score (nSPS) is 19.0. The highest BCUT2D eigenvalue weighted by atomic mass is 35.5. The number of aryl methyl sites for hydroxylation is 2. The molecule has 3 aromatic rings. The number of thioether (sulfide) groups is 2. The van der Waals surface area contributed by atoms with Crippen LogP contribution in [0.5, 0.6) is 0 Å². The van der Waals surface area contributed by atoms with Gasteiger partial charge in [0.1, 0.15) is 9.93 Å². The highest BCUT2D eigenvalue weighted by Gasteiger charge is 2.40. The third kappa shape index (κ3) is 4.07. The largest absolute Gasteiger partial charge is 0.334 e. The van der Waals surface area contributed by atoms with Gasteiger partial charge in [-0.05, 0) is 80.1 Å². The van der Waals surface area contributed by atoms with Gasteiger partial charge in [0.2, 0.25) is 0 Å². The monoisotopic (exact) mass is 491 g/mol. The summed E-state index contributed by atoms with van der Waals surface area (Å²) in [4.78, 5) is 24.5. The smallest absolute Gasteiger partial charge is 0.274 e. The number of anilines is 2. The molecule has 166 valence electrons. The molecule has 7 heteroatoms. The molecule has 0 spiro atoms. The van der Waals surface area contributed by atoms with Gasteiger partial charge < -0.3 is 4.90 Å². The molecule has 0 bridgehead atoms. The Bertz CT molecular complexity index is 1330. The number of amidine groups is 1. The molecule has 2 aliphatic rings. The first-order valence-electron chi connectivity index (χ1n) is 10.7. The molecule has 0 aromatic heterocycles. The SMILES string of the molecule is CCN1/C(=C2/SC(=Nc3ccc(C)c(Cl)c3)N(c3cccc(C)c3)C2=O)Sc2ccccc21. The summed E-state index contributed by atoms with van der Waals surface area (Å²) in [6.45, 7) is 6.87. The van der Waals surface area contributed by atoms with E-state index in [1.165, 1.54) is 11.8 Å². The van der Waals surface area contributed by atoms with E-state index in [1.807, 2.05) is 68.4 Å². The molecule has 5 rings (SSSR count). The van der Waals surface area contributed by atoms with Crippen molar-refractivity contribution in [3.05, 3.63) is 92.8 Å². The van der Waals surface area contributed by atoms with Gasteiger partial charge in [-0.15, -0.1) is 0 Å². The van der Waals surface area contributed by atoms with E-state index in [9.17, 15) is 4.79 Å². The van der Waals surface area contributed by atoms with Crippen LogP contribution in [0.15, 0.2) is 86.6 Å². The molecule has 1 saturated heterocycles. The van der Waals surface area contributed by atoms with Gasteiger partial charge in [0.25, 0.3) is 5.91 Å². The van der Waals surface area contributed by atoms with Crippen molar-refractivity contribution >= 4 is 63.3 Å². The fraction of sp³-hybridized carbons (Fsp3) is 0.154. The Balaban J connectivity index is 1.64. The maximum atomic E-state index is 13.8. The highest BCUT2D eigenvalue weighted by Crippen LogP contribution is 2.51. The molecule has 0 unspecified atom stereocenters. The minimum atomic E-state index is -0.0590. The average molecular weight is 492 g/mol. The van der Waals surface area contributed by atoms with Crippen LogP contribution in [0.2, 0.25) is 5.02 Å². The van der Waals surface area contributed by atoms with Crippen molar-refractivity contribution in [2.45, 2.75) is 25.7 Å². The van der Waals surface area contributed by atoms with E-state index < -0.39 is 0 Å². The number of halogens is 1. The van der Waals surface area contributed by atoms with Crippen LogP contribution in [-0.4, -0.2) is 17.6 Å². The highest BCUT2D eigenvalue weighted by molar-refractivity contribution is 8.20. The Kier molecular flexibility index (Phi) is 5.99. The van der Waals surface area contributed by atoms with Gasteiger partial charge in [-0.25, -0.2) is 4.99 Å². The zero-order valence-electron chi connectivity index (χ0n) is 18.5. The van der Waals surface area contributed by atoms with Crippen LogP contribution >= 0.6 is 35.1 Å². The van der Waals surface area contributed by atoms with E-state index in [0.717, 1.165) is 44.7 Å². The second-order valence-electron chi connectivity index (χ2n) is 7.86. The number of carbonyl (C=O) groups is 1. The van der Waals surface area contributed by atoms with Crippen molar-refractivity contribution in [2.75, 3.05) is 16.3 Å². The van der Waals surface area contributed by atoms with E-state index in [-0.39, 0.29) is 5.91 Å². The van der Waals surface area contributed by atoms with Crippen LogP contribution in [0.4, 0.5) is 17.1 Å². The number of benzene rings is 3. The quantitative estimate of drug-likeness (QED) is 0.355. The van der Waals surface area contributed by atoms with E-state index in [2.05, 4.69) is 24.0 Å². The minimum absolute atomic E-state index is 0.0590. The molecular weight excluding hydrogens is 470 g/mol. The van der Waals surface area contributed by atoms with Gasteiger partial charge in [-0.3, -0.25) is 9.69 Å². The van der Waals surface area contributed by atoms with Gasteiger partial charge in [0.15, 0.2) is 5.17 Å². The third-order valence-corrected chi connectivity index (χ3v) is 8.29. The topological polar surface area (TPSA) is 35.9 Å². The van der Waals surface area contributed by atoms with Gasteiger partial charge in [-0.2, -0.15) is 0 Å². The van der Waals surface area contributed by atoms with E-state index in [0.29, 0.717) is 15.1 Å². The summed E-state index contributed by atoms with van der Waals surface area (Å²) in [5.41, 5.74) is 4.75. The average Bonchev–Trinajstić information content (AvgIpc) is 3.33. The number of aliphatic imine (C=N–C) groups is 1. The molecule has 2 heterocycles. The number of amides is 1. The first-order chi connectivity index (χ1) is 16.0. The van der Waals surface area contributed by atoms with Crippen molar-refractivity contribution in [3.8, 4) is 0 Å². The van der Waals surface area contributed by atoms with Crippen molar-refractivity contribution in [1.29, 1.82) is 0 Å². The maximum absolute atomic E-state index is 13.8. The molecule has 0 saturated carbocycles. The molecule has 0 N–H and O–H groups in total. The second kappa shape index (κ2) is 8.93. The van der Waals surface area contributed by atoms with Crippen LogP contribution in [0.3, 0.4) is 0 Å². The van der Waals surface area contributed by atoms with Crippen LogP contribution < -0.4 is 9.80 Å². The summed E-state index contributed by atoms with van der Waals surface area (Å²) >= 11 is 9.41. The lowest BCUT2D eigenvalue weighted by molar-refractivity contribution is -0.113.